The van der Waals surface area contributed by atoms with Crippen molar-refractivity contribution in [3.8, 4) is 0 Å². The van der Waals surface area contributed by atoms with Gasteiger partial charge in [0.1, 0.15) is 0 Å². The highest BCUT2D eigenvalue weighted by Crippen LogP contribution is 2.27. The Hall–Kier alpha value is -1.75. The van der Waals surface area contributed by atoms with Crippen molar-refractivity contribution in [2.45, 2.75) is 32.7 Å². The molecular weight excluding hydrogens is 244 g/mol. The zero-order chi connectivity index (χ0) is 14.4. The van der Waals surface area contributed by atoms with Crippen molar-refractivity contribution in [1.29, 1.82) is 0 Å². The fourth-order valence-corrected chi connectivity index (χ4v) is 2.29. The summed E-state index contributed by atoms with van der Waals surface area (Å²) in [4.78, 5) is 12.9. The summed E-state index contributed by atoms with van der Waals surface area (Å²) in [7, 11) is 0. The normalized spacial score (nSPS) is 10.7. The third-order valence-corrected chi connectivity index (χ3v) is 3.31. The molecule has 5 heteroatoms. The van der Waals surface area contributed by atoms with Crippen LogP contribution in [0.25, 0.3) is 0 Å². The summed E-state index contributed by atoms with van der Waals surface area (Å²) in [5.74, 6) is -0.991. The van der Waals surface area contributed by atoms with Crippen molar-refractivity contribution in [2.24, 2.45) is 0 Å². The fraction of sp³-hybridized carbons (Fsp3) is 0.500. The molecule has 4 N–H and O–H groups in total. The predicted molar refractivity (Wildman–Crippen MR) is 76.6 cm³/mol. The van der Waals surface area contributed by atoms with E-state index in [1.165, 1.54) is 6.07 Å². The van der Waals surface area contributed by atoms with Crippen LogP contribution in [0.5, 0.6) is 0 Å². The van der Waals surface area contributed by atoms with Crippen molar-refractivity contribution >= 4 is 17.3 Å². The van der Waals surface area contributed by atoms with Crippen LogP contribution in [-0.4, -0.2) is 35.4 Å². The van der Waals surface area contributed by atoms with Crippen LogP contribution in [0, 0.1) is 0 Å². The molecule has 0 aliphatic carbocycles. The van der Waals surface area contributed by atoms with Gasteiger partial charge in [-0.2, -0.15) is 0 Å². The van der Waals surface area contributed by atoms with Gasteiger partial charge in [-0.05, 0) is 31.0 Å². The van der Waals surface area contributed by atoms with E-state index >= 15 is 0 Å². The average molecular weight is 266 g/mol. The molecule has 0 bridgehead atoms. The van der Waals surface area contributed by atoms with Crippen molar-refractivity contribution < 1.29 is 15.0 Å². The largest absolute Gasteiger partial charge is 0.478 e. The first-order valence-electron chi connectivity index (χ1n) is 6.55. The maximum atomic E-state index is 10.9. The maximum absolute atomic E-state index is 10.9. The highest BCUT2D eigenvalue weighted by atomic mass is 16.4. The lowest BCUT2D eigenvalue weighted by atomic mass is 10.1. The number of carbonyl (C=O) groups is 1. The summed E-state index contributed by atoms with van der Waals surface area (Å²) in [6.07, 6.45) is 1.88. The molecule has 0 fully saturated rings. The summed E-state index contributed by atoms with van der Waals surface area (Å²) in [5.41, 5.74) is 7.34. The average Bonchev–Trinajstić information content (AvgIpc) is 2.39. The van der Waals surface area contributed by atoms with Crippen LogP contribution in [0.15, 0.2) is 18.2 Å². The molecule has 0 aliphatic rings. The minimum absolute atomic E-state index is 0.0383. The Morgan fingerprint density at radius 1 is 1.37 bits per heavy atom. The predicted octanol–water partition coefficient (Wildman–Crippen LogP) is 1.95. The van der Waals surface area contributed by atoms with Crippen LogP contribution >= 0.6 is 0 Å². The smallest absolute Gasteiger partial charge is 0.335 e. The van der Waals surface area contributed by atoms with E-state index in [4.69, 9.17) is 10.8 Å². The Morgan fingerprint density at radius 3 is 2.42 bits per heavy atom. The molecule has 0 spiro atoms. The lowest BCUT2D eigenvalue weighted by molar-refractivity contribution is 0.0697. The molecule has 0 amide bonds. The third-order valence-electron chi connectivity index (χ3n) is 3.31. The number of nitrogens with two attached hydrogens (primary N) is 1. The van der Waals surface area contributed by atoms with Gasteiger partial charge < -0.3 is 20.8 Å². The number of aromatic carboxylic acids is 1. The molecule has 0 radical (unpaired) electrons. The number of hydrogen-bond donors (Lipinski definition) is 3. The van der Waals surface area contributed by atoms with E-state index < -0.39 is 5.97 Å². The molecule has 5 nitrogen and oxygen atoms in total. The summed E-state index contributed by atoms with van der Waals surface area (Å²) < 4.78 is 0. The molecule has 0 saturated heterocycles. The maximum Gasteiger partial charge on any atom is 0.335 e. The van der Waals surface area contributed by atoms with Gasteiger partial charge in [0.15, 0.2) is 0 Å². The first-order chi connectivity index (χ1) is 9.04. The number of anilines is 2. The number of carboxylic acids is 1. The van der Waals surface area contributed by atoms with Crippen LogP contribution < -0.4 is 10.6 Å². The van der Waals surface area contributed by atoms with Crippen LogP contribution in [0.3, 0.4) is 0 Å². The highest BCUT2D eigenvalue weighted by Gasteiger charge is 2.18. The Balaban J connectivity index is 3.12. The monoisotopic (exact) mass is 266 g/mol. The van der Waals surface area contributed by atoms with E-state index in [0.29, 0.717) is 12.2 Å². The zero-order valence-electron chi connectivity index (χ0n) is 11.5. The molecule has 1 aromatic rings. The Morgan fingerprint density at radius 2 is 2.00 bits per heavy atom. The molecule has 1 aromatic carbocycles. The standard InChI is InChI=1S/C14H22N2O3/c1-3-11(4-2)16(7-8-17)13-6-5-10(14(18)19)9-12(13)15/h5-6,9,11,17H,3-4,7-8,15H2,1-2H3,(H,18,19). The lowest BCUT2D eigenvalue weighted by Gasteiger charge is -2.33. The van der Waals surface area contributed by atoms with Crippen LogP contribution in [0.2, 0.25) is 0 Å². The minimum Gasteiger partial charge on any atom is -0.478 e. The van der Waals surface area contributed by atoms with Gasteiger partial charge in [0.25, 0.3) is 0 Å². The van der Waals surface area contributed by atoms with E-state index in [1.54, 1.807) is 12.1 Å². The van der Waals surface area contributed by atoms with Crippen LogP contribution in [-0.2, 0) is 0 Å². The summed E-state index contributed by atoms with van der Waals surface area (Å²) in [6, 6.07) is 5.00. The summed E-state index contributed by atoms with van der Waals surface area (Å²) in [6.45, 7) is 4.69. The SMILES string of the molecule is CCC(CC)N(CCO)c1ccc(C(=O)O)cc1N. The number of rotatable bonds is 7. The van der Waals surface area contributed by atoms with Gasteiger partial charge >= 0.3 is 5.97 Å². The van der Waals surface area contributed by atoms with Crippen molar-refractivity contribution in [3.05, 3.63) is 23.8 Å². The minimum atomic E-state index is -0.991. The molecular formula is C14H22N2O3. The second-order valence-corrected chi connectivity index (χ2v) is 4.47. The van der Waals surface area contributed by atoms with Gasteiger partial charge in [0.05, 0.1) is 23.5 Å². The molecule has 19 heavy (non-hydrogen) atoms. The molecule has 0 atom stereocenters. The van der Waals surface area contributed by atoms with E-state index in [2.05, 4.69) is 13.8 Å². The van der Waals surface area contributed by atoms with Gasteiger partial charge in [-0.15, -0.1) is 0 Å². The van der Waals surface area contributed by atoms with E-state index in [1.807, 2.05) is 4.90 Å². The van der Waals surface area contributed by atoms with E-state index in [9.17, 15) is 9.90 Å². The second-order valence-electron chi connectivity index (χ2n) is 4.47. The first kappa shape index (κ1) is 15.3. The Kier molecular flexibility index (Phi) is 5.63. The number of nitrogens with zero attached hydrogens (tertiary/aromatic N) is 1. The van der Waals surface area contributed by atoms with Crippen molar-refractivity contribution in [3.63, 3.8) is 0 Å². The van der Waals surface area contributed by atoms with Gasteiger partial charge in [-0.25, -0.2) is 4.79 Å². The number of nitrogen functional groups attached to an aromatic ring is 1. The van der Waals surface area contributed by atoms with E-state index in [-0.39, 0.29) is 18.2 Å². The quantitative estimate of drug-likeness (QED) is 0.657. The topological polar surface area (TPSA) is 86.8 Å². The summed E-state index contributed by atoms with van der Waals surface area (Å²) >= 11 is 0. The molecule has 1 rings (SSSR count). The van der Waals surface area contributed by atoms with Crippen LogP contribution in [0.4, 0.5) is 11.4 Å². The zero-order valence-corrected chi connectivity index (χ0v) is 11.5. The number of carboxylic acid groups (broad SMARTS) is 1. The molecule has 0 aliphatic heterocycles. The fourth-order valence-electron chi connectivity index (χ4n) is 2.29. The number of aliphatic hydroxyl groups excluding tert-OH is 1. The van der Waals surface area contributed by atoms with Crippen molar-refractivity contribution in [2.75, 3.05) is 23.8 Å². The van der Waals surface area contributed by atoms with Crippen molar-refractivity contribution in [1.82, 2.24) is 0 Å². The number of hydrogen-bond acceptors (Lipinski definition) is 4. The van der Waals surface area contributed by atoms with Crippen LogP contribution in [0.1, 0.15) is 37.0 Å². The Bertz CT molecular complexity index is 431. The number of benzene rings is 1. The third kappa shape index (κ3) is 3.61. The van der Waals surface area contributed by atoms with Gasteiger partial charge in [-0.3, -0.25) is 0 Å². The molecule has 0 heterocycles. The van der Waals surface area contributed by atoms with Gasteiger partial charge in [-0.1, -0.05) is 13.8 Å². The molecule has 106 valence electrons. The van der Waals surface area contributed by atoms with E-state index in [0.717, 1.165) is 18.5 Å². The Labute approximate surface area is 113 Å². The van der Waals surface area contributed by atoms with Gasteiger partial charge in [0.2, 0.25) is 0 Å². The summed E-state index contributed by atoms with van der Waals surface area (Å²) in [5, 5.41) is 18.1. The molecule has 0 aromatic heterocycles. The first-order valence-corrected chi connectivity index (χ1v) is 6.55. The molecule has 0 saturated carbocycles. The number of aliphatic hydroxyl groups is 1. The highest BCUT2D eigenvalue weighted by molar-refractivity contribution is 5.90. The molecule has 0 unspecified atom stereocenters. The van der Waals surface area contributed by atoms with Gasteiger partial charge in [0, 0.05) is 12.6 Å². The lowest BCUT2D eigenvalue weighted by Crippen LogP contribution is -2.37. The second kappa shape index (κ2) is 6.99.